The van der Waals surface area contributed by atoms with E-state index in [2.05, 4.69) is 4.99 Å². The molecule has 1 saturated heterocycles. The number of ether oxygens (including phenoxy) is 2. The van der Waals surface area contributed by atoms with E-state index in [-0.39, 0.29) is 37.2 Å². The maximum absolute atomic E-state index is 13.6. The van der Waals surface area contributed by atoms with Crippen molar-refractivity contribution in [3.63, 3.8) is 0 Å². The highest BCUT2D eigenvalue weighted by Gasteiger charge is 2.28. The quantitative estimate of drug-likeness (QED) is 0.312. The number of aliphatic imine (C=N–C) groups is 1. The van der Waals surface area contributed by atoms with Crippen molar-refractivity contribution in [2.75, 3.05) is 13.7 Å². The zero-order valence-corrected chi connectivity index (χ0v) is 13.7. The average Bonchev–Trinajstić information content (AvgIpc) is 2.93. The highest BCUT2D eigenvalue weighted by Crippen LogP contribution is 2.23. The molecular formula is C15H24FN3O4. The Hall–Kier alpha value is -1.96. The summed E-state index contributed by atoms with van der Waals surface area (Å²) in [5.74, 6) is -1.29. The summed E-state index contributed by atoms with van der Waals surface area (Å²) >= 11 is 0. The average molecular weight is 329 g/mol. The molecule has 1 amide bonds. The molecule has 0 radical (unpaired) electrons. The van der Waals surface area contributed by atoms with E-state index in [4.69, 9.17) is 15.2 Å². The lowest BCUT2D eigenvalue weighted by Crippen LogP contribution is -2.29. The van der Waals surface area contributed by atoms with Crippen molar-refractivity contribution in [2.24, 2.45) is 16.6 Å². The van der Waals surface area contributed by atoms with Crippen molar-refractivity contribution in [1.29, 1.82) is 0 Å². The first-order chi connectivity index (χ1) is 10.8. The van der Waals surface area contributed by atoms with Crippen molar-refractivity contribution in [3.8, 4) is 0 Å². The van der Waals surface area contributed by atoms with Crippen LogP contribution in [0.15, 0.2) is 17.0 Å². The predicted octanol–water partition coefficient (Wildman–Crippen LogP) is 1.34. The summed E-state index contributed by atoms with van der Waals surface area (Å²) < 4.78 is 24.5. The van der Waals surface area contributed by atoms with E-state index in [1.54, 1.807) is 7.05 Å². The molecule has 0 aliphatic carbocycles. The smallest absolute Gasteiger partial charge is 0.306 e. The Morgan fingerprint density at radius 1 is 1.52 bits per heavy atom. The number of amidine groups is 1. The first kappa shape index (κ1) is 19.1. The number of halogens is 1. The second kappa shape index (κ2) is 9.24. The molecule has 23 heavy (non-hydrogen) atoms. The van der Waals surface area contributed by atoms with Crippen molar-refractivity contribution in [1.82, 2.24) is 4.90 Å². The summed E-state index contributed by atoms with van der Waals surface area (Å²) in [7, 11) is 1.63. The van der Waals surface area contributed by atoms with Gasteiger partial charge in [-0.2, -0.15) is 4.99 Å². The highest BCUT2D eigenvalue weighted by atomic mass is 19.1. The van der Waals surface area contributed by atoms with Crippen LogP contribution in [0, 0.1) is 5.92 Å². The van der Waals surface area contributed by atoms with E-state index >= 15 is 0 Å². The third kappa shape index (κ3) is 6.77. The van der Waals surface area contributed by atoms with Gasteiger partial charge in [0.15, 0.2) is 11.7 Å². The number of hydrogen-bond donors (Lipinski definition) is 1. The third-order valence-electron chi connectivity index (χ3n) is 3.30. The number of esters is 1. The van der Waals surface area contributed by atoms with E-state index in [1.165, 1.54) is 4.90 Å². The third-order valence-corrected chi connectivity index (χ3v) is 3.30. The molecule has 0 aromatic heterocycles. The molecule has 2 unspecified atom stereocenters. The van der Waals surface area contributed by atoms with Gasteiger partial charge in [-0.25, -0.2) is 4.39 Å². The van der Waals surface area contributed by atoms with Crippen LogP contribution in [0.4, 0.5) is 4.39 Å². The largest absolute Gasteiger partial charge is 0.463 e. The molecule has 7 nitrogen and oxygen atoms in total. The number of amides is 1. The van der Waals surface area contributed by atoms with E-state index in [0.717, 1.165) is 6.20 Å². The minimum absolute atomic E-state index is 0.177. The molecule has 0 bridgehead atoms. The standard InChI is InChI=1S/C15H24FN3O4/c1-10(2)6-14(21)22-8-11-4-5-13(23-11)19(3)7-12(16)15(17)18-9-20/h7,9-11,13H,4-6,8H2,1-3H3,(H2,17,18,20)/b12-7+. The Morgan fingerprint density at radius 2 is 2.22 bits per heavy atom. The van der Waals surface area contributed by atoms with E-state index < -0.39 is 11.7 Å². The first-order valence-corrected chi connectivity index (χ1v) is 7.51. The summed E-state index contributed by atoms with van der Waals surface area (Å²) in [5, 5.41) is 0. The van der Waals surface area contributed by atoms with Gasteiger partial charge in [-0.15, -0.1) is 0 Å². The SMILES string of the molecule is CC(C)CC(=O)OCC1CCC(N(C)/C=C(/F)C(N)=NC=O)O1. The Labute approximate surface area is 135 Å². The molecule has 1 aliphatic rings. The fourth-order valence-corrected chi connectivity index (χ4v) is 2.13. The van der Waals surface area contributed by atoms with Crippen molar-refractivity contribution in [3.05, 3.63) is 12.0 Å². The molecule has 8 heteroatoms. The highest BCUT2D eigenvalue weighted by molar-refractivity contribution is 5.98. The Morgan fingerprint density at radius 3 is 2.83 bits per heavy atom. The monoisotopic (exact) mass is 329 g/mol. The zero-order valence-electron chi connectivity index (χ0n) is 13.7. The molecule has 130 valence electrons. The van der Waals surface area contributed by atoms with Crippen LogP contribution >= 0.6 is 0 Å². The second-order valence-electron chi connectivity index (χ2n) is 5.83. The molecule has 0 spiro atoms. The van der Waals surface area contributed by atoms with E-state index in [0.29, 0.717) is 19.3 Å². The van der Waals surface area contributed by atoms with Gasteiger partial charge in [-0.1, -0.05) is 13.8 Å². The Balaban J connectivity index is 2.44. The fraction of sp³-hybridized carbons (Fsp3) is 0.667. The number of nitrogens with two attached hydrogens (primary N) is 1. The van der Waals surface area contributed by atoms with Gasteiger partial charge in [0, 0.05) is 19.7 Å². The van der Waals surface area contributed by atoms with Gasteiger partial charge in [0.1, 0.15) is 12.8 Å². The molecule has 1 fully saturated rings. The predicted molar refractivity (Wildman–Crippen MR) is 82.9 cm³/mol. The summed E-state index contributed by atoms with van der Waals surface area (Å²) in [6.07, 6.45) is 2.49. The lowest BCUT2D eigenvalue weighted by Gasteiger charge is -2.23. The number of carbonyl (C=O) groups is 2. The molecule has 0 saturated carbocycles. The van der Waals surface area contributed by atoms with Gasteiger partial charge in [0.2, 0.25) is 6.41 Å². The number of carbonyl (C=O) groups excluding carboxylic acids is 2. The van der Waals surface area contributed by atoms with Crippen molar-refractivity contribution < 1.29 is 23.5 Å². The number of nitrogens with zero attached hydrogens (tertiary/aromatic N) is 2. The summed E-state index contributed by atoms with van der Waals surface area (Å²) in [5.41, 5.74) is 5.27. The molecule has 0 aromatic carbocycles. The Bertz CT molecular complexity index is 479. The van der Waals surface area contributed by atoms with E-state index in [9.17, 15) is 14.0 Å². The molecule has 2 N–H and O–H groups in total. The second-order valence-corrected chi connectivity index (χ2v) is 5.83. The zero-order chi connectivity index (χ0) is 17.4. The van der Waals surface area contributed by atoms with Crippen LogP contribution in [0.5, 0.6) is 0 Å². The minimum Gasteiger partial charge on any atom is -0.463 e. The van der Waals surface area contributed by atoms with Crippen molar-refractivity contribution in [2.45, 2.75) is 45.4 Å². The van der Waals surface area contributed by atoms with Crippen LogP contribution in [0.2, 0.25) is 0 Å². The van der Waals surface area contributed by atoms with Gasteiger partial charge < -0.3 is 20.1 Å². The fourth-order valence-electron chi connectivity index (χ4n) is 2.13. The van der Waals surface area contributed by atoms with Crippen LogP contribution in [-0.2, 0) is 19.1 Å². The minimum atomic E-state index is -0.810. The summed E-state index contributed by atoms with van der Waals surface area (Å²) in [4.78, 5) is 26.3. The molecule has 1 rings (SSSR count). The normalized spacial score (nSPS) is 22.3. The molecule has 2 atom stereocenters. The number of hydrogen-bond acceptors (Lipinski definition) is 5. The van der Waals surface area contributed by atoms with Gasteiger partial charge >= 0.3 is 5.97 Å². The maximum Gasteiger partial charge on any atom is 0.306 e. The van der Waals surface area contributed by atoms with Crippen LogP contribution < -0.4 is 5.73 Å². The Kier molecular flexibility index (Phi) is 7.67. The molecule has 1 aliphatic heterocycles. The first-order valence-electron chi connectivity index (χ1n) is 7.51. The molecule has 1 heterocycles. The van der Waals surface area contributed by atoms with Gasteiger partial charge in [-0.05, 0) is 18.8 Å². The van der Waals surface area contributed by atoms with Gasteiger partial charge in [-0.3, -0.25) is 9.59 Å². The molecular weight excluding hydrogens is 305 g/mol. The molecule has 0 aromatic rings. The van der Waals surface area contributed by atoms with Crippen LogP contribution in [0.25, 0.3) is 0 Å². The van der Waals surface area contributed by atoms with Crippen LogP contribution in [-0.4, -0.2) is 49.1 Å². The summed E-state index contributed by atoms with van der Waals surface area (Å²) in [6.45, 7) is 4.08. The number of rotatable bonds is 8. The van der Waals surface area contributed by atoms with E-state index in [1.807, 2.05) is 13.8 Å². The van der Waals surface area contributed by atoms with Crippen LogP contribution in [0.1, 0.15) is 33.1 Å². The lowest BCUT2D eigenvalue weighted by molar-refractivity contribution is -0.149. The van der Waals surface area contributed by atoms with Crippen LogP contribution in [0.3, 0.4) is 0 Å². The van der Waals surface area contributed by atoms with Gasteiger partial charge in [0.25, 0.3) is 0 Å². The summed E-state index contributed by atoms with van der Waals surface area (Å²) in [6, 6.07) is 0. The van der Waals surface area contributed by atoms with Crippen molar-refractivity contribution >= 4 is 18.2 Å². The lowest BCUT2D eigenvalue weighted by atomic mass is 10.1. The maximum atomic E-state index is 13.6. The topological polar surface area (TPSA) is 94.2 Å². The van der Waals surface area contributed by atoms with Gasteiger partial charge in [0.05, 0.1) is 6.10 Å².